The maximum Gasteiger partial charge on any atom is 0.199 e. The van der Waals surface area contributed by atoms with Gasteiger partial charge in [-0.05, 0) is 36.0 Å². The Hall–Kier alpha value is -1.59. The van der Waals surface area contributed by atoms with E-state index in [1.807, 2.05) is 6.07 Å². The zero-order valence-electron chi connectivity index (χ0n) is 9.03. The van der Waals surface area contributed by atoms with Crippen LogP contribution in [0.5, 0.6) is 5.75 Å². The summed E-state index contributed by atoms with van der Waals surface area (Å²) in [5.41, 5.74) is 7.28. The van der Waals surface area contributed by atoms with Gasteiger partial charge in [-0.15, -0.1) is 0 Å². The molecule has 1 heterocycles. The number of rotatable bonds is 2. The van der Waals surface area contributed by atoms with Crippen molar-refractivity contribution in [3.05, 3.63) is 34.1 Å². The van der Waals surface area contributed by atoms with Gasteiger partial charge in [0.1, 0.15) is 11.6 Å². The summed E-state index contributed by atoms with van der Waals surface area (Å²) >= 11 is 11.0. The molecule has 6 heteroatoms. The van der Waals surface area contributed by atoms with Crippen LogP contribution < -0.4 is 10.5 Å². The summed E-state index contributed by atoms with van der Waals surface area (Å²) in [6.07, 6.45) is 0. The van der Waals surface area contributed by atoms with Crippen LogP contribution in [0.15, 0.2) is 24.3 Å². The second kappa shape index (κ2) is 4.73. The number of nitrogen functional groups attached to an aromatic ring is 1. The van der Waals surface area contributed by atoms with Gasteiger partial charge in [-0.3, -0.25) is 0 Å². The zero-order chi connectivity index (χ0) is 12.4. The molecule has 0 aliphatic rings. The van der Waals surface area contributed by atoms with Crippen molar-refractivity contribution in [1.82, 2.24) is 9.97 Å². The van der Waals surface area contributed by atoms with Crippen LogP contribution in [-0.4, -0.2) is 17.1 Å². The van der Waals surface area contributed by atoms with E-state index in [9.17, 15) is 0 Å². The van der Waals surface area contributed by atoms with E-state index in [1.54, 1.807) is 25.3 Å². The molecule has 2 aromatic rings. The van der Waals surface area contributed by atoms with Gasteiger partial charge in [-0.1, -0.05) is 11.6 Å². The quantitative estimate of drug-likeness (QED) is 0.821. The second-order valence-corrected chi connectivity index (χ2v) is 4.17. The first-order chi connectivity index (χ1) is 8.10. The highest BCUT2D eigenvalue weighted by atomic mass is 35.5. The molecule has 0 amide bonds. The molecule has 4 nitrogen and oxygen atoms in total. The molecule has 0 saturated heterocycles. The number of hydrogen-bond acceptors (Lipinski definition) is 4. The second-order valence-electron chi connectivity index (χ2n) is 3.37. The van der Waals surface area contributed by atoms with Crippen LogP contribution in [0.2, 0.25) is 5.02 Å². The van der Waals surface area contributed by atoms with E-state index >= 15 is 0 Å². The molecule has 1 aromatic carbocycles. The lowest BCUT2D eigenvalue weighted by Gasteiger charge is -2.06. The third kappa shape index (κ3) is 2.57. The van der Waals surface area contributed by atoms with Gasteiger partial charge in [-0.2, -0.15) is 0 Å². The molecule has 0 unspecified atom stereocenters. The molecule has 0 saturated carbocycles. The first-order valence-corrected chi connectivity index (χ1v) is 5.59. The average molecular weight is 268 g/mol. The standard InChI is InChI=1S/C11H10ClN3OS/c1-16-9-3-2-6(4-7(9)12)8-5-10(13)15-11(17)14-8/h2-5H,1H3,(H3,13,14,15,17). The number of benzene rings is 1. The van der Waals surface area contributed by atoms with Gasteiger partial charge >= 0.3 is 0 Å². The van der Waals surface area contributed by atoms with Gasteiger partial charge < -0.3 is 15.5 Å². The van der Waals surface area contributed by atoms with Crippen LogP contribution in [0.1, 0.15) is 0 Å². The number of ether oxygens (including phenoxy) is 1. The number of hydrogen-bond donors (Lipinski definition) is 2. The van der Waals surface area contributed by atoms with Crippen molar-refractivity contribution in [2.75, 3.05) is 12.8 Å². The molecule has 0 aliphatic heterocycles. The smallest absolute Gasteiger partial charge is 0.199 e. The van der Waals surface area contributed by atoms with E-state index < -0.39 is 0 Å². The van der Waals surface area contributed by atoms with Crippen molar-refractivity contribution >= 4 is 29.6 Å². The topological polar surface area (TPSA) is 63.9 Å². The van der Waals surface area contributed by atoms with E-state index in [0.717, 1.165) is 11.3 Å². The summed E-state index contributed by atoms with van der Waals surface area (Å²) in [6.45, 7) is 0. The fourth-order valence-electron chi connectivity index (χ4n) is 1.47. The Morgan fingerprint density at radius 1 is 1.41 bits per heavy atom. The molecule has 0 fully saturated rings. The molecule has 88 valence electrons. The summed E-state index contributed by atoms with van der Waals surface area (Å²) in [5, 5.41) is 0.528. The predicted molar refractivity (Wildman–Crippen MR) is 70.8 cm³/mol. The van der Waals surface area contributed by atoms with Crippen molar-refractivity contribution in [3.63, 3.8) is 0 Å². The van der Waals surface area contributed by atoms with E-state index in [2.05, 4.69) is 9.97 Å². The van der Waals surface area contributed by atoms with Crippen LogP contribution in [0.4, 0.5) is 5.82 Å². The minimum atomic E-state index is 0.340. The average Bonchev–Trinajstić information content (AvgIpc) is 2.27. The summed E-state index contributed by atoms with van der Waals surface area (Å²) in [5.74, 6) is 0.992. The Bertz CT molecular complexity index is 612. The highest BCUT2D eigenvalue weighted by Gasteiger charge is 2.05. The third-order valence-electron chi connectivity index (χ3n) is 2.23. The lowest BCUT2D eigenvalue weighted by molar-refractivity contribution is 0.415. The van der Waals surface area contributed by atoms with Crippen LogP contribution in [-0.2, 0) is 0 Å². The number of H-pyrrole nitrogens is 1. The van der Waals surface area contributed by atoms with E-state index in [4.69, 9.17) is 34.3 Å². The van der Waals surface area contributed by atoms with Crippen molar-refractivity contribution in [2.24, 2.45) is 0 Å². The Balaban J connectivity index is 2.53. The van der Waals surface area contributed by atoms with Crippen LogP contribution in [0.25, 0.3) is 11.3 Å². The molecule has 3 N–H and O–H groups in total. The maximum absolute atomic E-state index is 6.05. The Kier molecular flexibility index (Phi) is 3.31. The lowest BCUT2D eigenvalue weighted by atomic mass is 10.1. The fourth-order valence-corrected chi connectivity index (χ4v) is 1.94. The Labute approximate surface area is 108 Å². The maximum atomic E-state index is 6.05. The molecular weight excluding hydrogens is 258 g/mol. The molecule has 0 spiro atoms. The van der Waals surface area contributed by atoms with Crippen LogP contribution >= 0.6 is 23.8 Å². The number of halogens is 1. The number of anilines is 1. The van der Waals surface area contributed by atoms with Gasteiger partial charge in [0.2, 0.25) is 0 Å². The normalized spacial score (nSPS) is 10.2. The van der Waals surface area contributed by atoms with Crippen LogP contribution in [0, 0.1) is 4.77 Å². The summed E-state index contributed by atoms with van der Waals surface area (Å²) < 4.78 is 5.42. The van der Waals surface area contributed by atoms with Gasteiger partial charge in [-0.25, -0.2) is 4.98 Å². The summed E-state index contributed by atoms with van der Waals surface area (Å²) in [7, 11) is 1.57. The molecule has 0 bridgehead atoms. The molecule has 0 radical (unpaired) electrons. The Morgan fingerprint density at radius 3 is 2.76 bits per heavy atom. The molecular formula is C11H10ClN3OS. The largest absolute Gasteiger partial charge is 0.495 e. The first kappa shape index (κ1) is 11.9. The number of nitrogens with two attached hydrogens (primary N) is 1. The van der Waals surface area contributed by atoms with Gasteiger partial charge in [0.05, 0.1) is 17.8 Å². The highest BCUT2D eigenvalue weighted by molar-refractivity contribution is 7.71. The molecule has 0 atom stereocenters. The van der Waals surface area contributed by atoms with E-state index in [-0.39, 0.29) is 0 Å². The SMILES string of the molecule is COc1ccc(-c2cc(N)nc(=S)[nH]2)cc1Cl. The molecule has 17 heavy (non-hydrogen) atoms. The minimum Gasteiger partial charge on any atom is -0.495 e. The van der Waals surface area contributed by atoms with Gasteiger partial charge in [0.15, 0.2) is 4.77 Å². The molecule has 1 aromatic heterocycles. The first-order valence-electron chi connectivity index (χ1n) is 4.81. The summed E-state index contributed by atoms with van der Waals surface area (Å²) in [6, 6.07) is 7.13. The monoisotopic (exact) mass is 267 g/mol. The van der Waals surface area contributed by atoms with Crippen molar-refractivity contribution in [1.29, 1.82) is 0 Å². The van der Waals surface area contributed by atoms with Gasteiger partial charge in [0, 0.05) is 6.07 Å². The number of nitrogens with zero attached hydrogens (tertiary/aromatic N) is 1. The number of aromatic amines is 1. The van der Waals surface area contributed by atoms with Gasteiger partial charge in [0.25, 0.3) is 0 Å². The minimum absolute atomic E-state index is 0.340. The van der Waals surface area contributed by atoms with Crippen molar-refractivity contribution < 1.29 is 4.74 Å². The molecule has 0 aliphatic carbocycles. The number of nitrogens with one attached hydrogen (secondary N) is 1. The summed E-state index contributed by atoms with van der Waals surface area (Å²) in [4.78, 5) is 6.85. The van der Waals surface area contributed by atoms with E-state index in [1.165, 1.54) is 0 Å². The zero-order valence-corrected chi connectivity index (χ0v) is 10.6. The Morgan fingerprint density at radius 2 is 2.18 bits per heavy atom. The molecule has 2 rings (SSSR count). The lowest BCUT2D eigenvalue weighted by Crippen LogP contribution is -1.94. The van der Waals surface area contributed by atoms with Crippen LogP contribution in [0.3, 0.4) is 0 Å². The van der Waals surface area contributed by atoms with Crippen molar-refractivity contribution in [2.45, 2.75) is 0 Å². The highest BCUT2D eigenvalue weighted by Crippen LogP contribution is 2.29. The third-order valence-corrected chi connectivity index (χ3v) is 2.72. The fraction of sp³-hybridized carbons (Fsp3) is 0.0909. The van der Waals surface area contributed by atoms with E-state index in [0.29, 0.717) is 21.4 Å². The van der Waals surface area contributed by atoms with Crippen molar-refractivity contribution in [3.8, 4) is 17.0 Å². The predicted octanol–water partition coefficient (Wildman–Crippen LogP) is 3.05. The number of methoxy groups -OCH3 is 1. The number of aromatic nitrogens is 2.